The molecule has 0 spiro atoms. The number of carbonyl (C=O) groups is 2. The van der Waals surface area contributed by atoms with Gasteiger partial charge in [0.05, 0.1) is 12.8 Å². The molecule has 154 valence electrons. The number of benzene rings is 1. The standard InChI is InChI=1S/C21H27N5O3/c1-6-25-19(27)12-11-14(23-25)20(28)22-18-13-17(21(2,3)4)24-26(18)15-9-7-8-10-16(15)29-5/h7-10,13H,6,11-12H2,1-5H3,(H,22,28). The number of hydrazone groups is 1. The number of hydrogen-bond acceptors (Lipinski definition) is 5. The van der Waals surface area contributed by atoms with Crippen molar-refractivity contribution < 1.29 is 14.3 Å². The summed E-state index contributed by atoms with van der Waals surface area (Å²) in [5.74, 6) is 0.752. The summed E-state index contributed by atoms with van der Waals surface area (Å²) in [6, 6.07) is 9.34. The first-order chi connectivity index (χ1) is 13.7. The van der Waals surface area contributed by atoms with Crippen molar-refractivity contribution in [3.63, 3.8) is 0 Å². The van der Waals surface area contributed by atoms with Gasteiger partial charge >= 0.3 is 0 Å². The first-order valence-electron chi connectivity index (χ1n) is 9.67. The van der Waals surface area contributed by atoms with E-state index < -0.39 is 0 Å². The highest BCUT2D eigenvalue weighted by Gasteiger charge is 2.26. The zero-order valence-corrected chi connectivity index (χ0v) is 17.5. The highest BCUT2D eigenvalue weighted by atomic mass is 16.5. The van der Waals surface area contributed by atoms with E-state index in [0.29, 0.717) is 30.2 Å². The molecule has 2 amide bonds. The maximum atomic E-state index is 12.9. The van der Waals surface area contributed by atoms with Gasteiger partial charge in [0, 0.05) is 30.9 Å². The molecule has 1 N–H and O–H groups in total. The fraction of sp³-hybridized carbons (Fsp3) is 0.429. The first kappa shape index (κ1) is 20.6. The molecule has 29 heavy (non-hydrogen) atoms. The van der Waals surface area contributed by atoms with Crippen molar-refractivity contribution >= 4 is 23.3 Å². The highest BCUT2D eigenvalue weighted by Crippen LogP contribution is 2.30. The van der Waals surface area contributed by atoms with E-state index in [1.54, 1.807) is 11.8 Å². The maximum absolute atomic E-state index is 12.9. The topological polar surface area (TPSA) is 88.8 Å². The molecular weight excluding hydrogens is 370 g/mol. The summed E-state index contributed by atoms with van der Waals surface area (Å²) in [5.41, 5.74) is 1.67. The van der Waals surface area contributed by atoms with Gasteiger partial charge in [0.2, 0.25) is 5.91 Å². The third kappa shape index (κ3) is 4.31. The number of methoxy groups -OCH3 is 1. The zero-order chi connectivity index (χ0) is 21.2. The third-order valence-electron chi connectivity index (χ3n) is 4.70. The number of aromatic nitrogens is 2. The molecule has 2 heterocycles. The molecule has 0 saturated heterocycles. The Hall–Kier alpha value is -3.16. The molecule has 2 aromatic rings. The van der Waals surface area contributed by atoms with E-state index in [9.17, 15) is 9.59 Å². The molecule has 3 rings (SSSR count). The van der Waals surface area contributed by atoms with Gasteiger partial charge in [0.25, 0.3) is 5.91 Å². The molecule has 1 aliphatic heterocycles. The quantitative estimate of drug-likeness (QED) is 0.840. The number of hydrogen-bond donors (Lipinski definition) is 1. The van der Waals surface area contributed by atoms with Crippen molar-refractivity contribution in [3.8, 4) is 11.4 Å². The Morgan fingerprint density at radius 1 is 1.24 bits per heavy atom. The van der Waals surface area contributed by atoms with Crippen LogP contribution < -0.4 is 10.1 Å². The number of carbonyl (C=O) groups excluding carboxylic acids is 2. The summed E-state index contributed by atoms with van der Waals surface area (Å²) >= 11 is 0. The third-order valence-corrected chi connectivity index (χ3v) is 4.70. The Morgan fingerprint density at radius 2 is 1.97 bits per heavy atom. The lowest BCUT2D eigenvalue weighted by Gasteiger charge is -2.21. The number of ether oxygens (including phenoxy) is 1. The summed E-state index contributed by atoms with van der Waals surface area (Å²) in [5, 5.41) is 13.2. The summed E-state index contributed by atoms with van der Waals surface area (Å²) in [4.78, 5) is 24.7. The molecule has 8 nitrogen and oxygen atoms in total. The van der Waals surface area contributed by atoms with Crippen molar-refractivity contribution in [2.45, 2.75) is 46.0 Å². The molecule has 0 bridgehead atoms. The van der Waals surface area contributed by atoms with Gasteiger partial charge in [0.1, 0.15) is 23.0 Å². The smallest absolute Gasteiger partial charge is 0.273 e. The Bertz CT molecular complexity index is 955. The average Bonchev–Trinajstić information content (AvgIpc) is 3.12. The van der Waals surface area contributed by atoms with Gasteiger partial charge in [-0.2, -0.15) is 10.2 Å². The van der Waals surface area contributed by atoms with E-state index in [0.717, 1.165) is 11.4 Å². The van der Waals surface area contributed by atoms with Gasteiger partial charge in [-0.25, -0.2) is 9.69 Å². The van der Waals surface area contributed by atoms with E-state index in [2.05, 4.69) is 31.2 Å². The second-order valence-corrected chi connectivity index (χ2v) is 7.86. The normalized spacial score (nSPS) is 14.6. The number of nitrogens with one attached hydrogen (secondary N) is 1. The lowest BCUT2D eigenvalue weighted by atomic mass is 9.92. The van der Waals surface area contributed by atoms with E-state index >= 15 is 0 Å². The van der Waals surface area contributed by atoms with Crippen molar-refractivity contribution in [1.82, 2.24) is 14.8 Å². The molecule has 1 aromatic heterocycles. The number of rotatable bonds is 5. The van der Waals surface area contributed by atoms with Crippen molar-refractivity contribution in [3.05, 3.63) is 36.0 Å². The van der Waals surface area contributed by atoms with Crippen molar-refractivity contribution in [2.75, 3.05) is 19.0 Å². The second kappa shape index (κ2) is 8.06. The van der Waals surface area contributed by atoms with Crippen molar-refractivity contribution in [2.24, 2.45) is 5.10 Å². The van der Waals surface area contributed by atoms with Gasteiger partial charge in [-0.05, 0) is 19.1 Å². The lowest BCUT2D eigenvalue weighted by molar-refractivity contribution is -0.131. The summed E-state index contributed by atoms with van der Waals surface area (Å²) in [7, 11) is 1.60. The molecule has 0 aliphatic carbocycles. The number of para-hydroxylation sites is 2. The Morgan fingerprint density at radius 3 is 2.62 bits per heavy atom. The van der Waals surface area contributed by atoms with E-state index in [-0.39, 0.29) is 23.7 Å². The van der Waals surface area contributed by atoms with Gasteiger partial charge in [-0.15, -0.1) is 0 Å². The minimum Gasteiger partial charge on any atom is -0.494 e. The zero-order valence-electron chi connectivity index (χ0n) is 17.5. The van der Waals surface area contributed by atoms with Crippen LogP contribution >= 0.6 is 0 Å². The van der Waals surface area contributed by atoms with Crippen LogP contribution in [0.4, 0.5) is 5.82 Å². The van der Waals surface area contributed by atoms with Crippen LogP contribution in [0.1, 0.15) is 46.2 Å². The Labute approximate surface area is 170 Å². The molecule has 0 radical (unpaired) electrons. The van der Waals surface area contributed by atoms with E-state index in [1.165, 1.54) is 5.01 Å². The van der Waals surface area contributed by atoms with Gasteiger partial charge in [0.15, 0.2) is 0 Å². The molecular formula is C21H27N5O3. The molecule has 0 atom stereocenters. The molecule has 0 fully saturated rings. The molecule has 0 unspecified atom stereocenters. The summed E-state index contributed by atoms with van der Waals surface area (Å²) < 4.78 is 7.14. The molecule has 1 aliphatic rings. The molecule has 8 heteroatoms. The predicted molar refractivity (Wildman–Crippen MR) is 112 cm³/mol. The van der Waals surface area contributed by atoms with E-state index in [4.69, 9.17) is 9.84 Å². The maximum Gasteiger partial charge on any atom is 0.273 e. The average molecular weight is 397 g/mol. The second-order valence-electron chi connectivity index (χ2n) is 7.86. The van der Waals surface area contributed by atoms with Crippen LogP contribution in [0, 0.1) is 0 Å². The molecule has 1 aromatic carbocycles. The number of amides is 2. The fourth-order valence-electron chi connectivity index (χ4n) is 3.03. The van der Waals surface area contributed by atoms with Crippen LogP contribution in [-0.2, 0) is 15.0 Å². The van der Waals surface area contributed by atoms with Gasteiger partial charge < -0.3 is 10.1 Å². The summed E-state index contributed by atoms with van der Waals surface area (Å²) in [6.45, 7) is 8.44. The van der Waals surface area contributed by atoms with E-state index in [1.807, 2.05) is 37.3 Å². The van der Waals surface area contributed by atoms with Crippen LogP contribution in [0.2, 0.25) is 0 Å². The van der Waals surface area contributed by atoms with Crippen LogP contribution in [-0.4, -0.2) is 46.0 Å². The van der Waals surface area contributed by atoms with Crippen molar-refractivity contribution in [1.29, 1.82) is 0 Å². The van der Waals surface area contributed by atoms with Crippen LogP contribution in [0.3, 0.4) is 0 Å². The monoisotopic (exact) mass is 397 g/mol. The predicted octanol–water partition coefficient (Wildman–Crippen LogP) is 3.12. The first-order valence-corrected chi connectivity index (χ1v) is 9.67. The van der Waals surface area contributed by atoms with Crippen LogP contribution in [0.5, 0.6) is 5.75 Å². The number of nitrogens with zero attached hydrogens (tertiary/aromatic N) is 4. The minimum absolute atomic E-state index is 0.0712. The largest absolute Gasteiger partial charge is 0.494 e. The van der Waals surface area contributed by atoms with Gasteiger partial charge in [-0.1, -0.05) is 32.9 Å². The number of anilines is 1. The minimum atomic E-state index is -0.340. The Kier molecular flexibility index (Phi) is 5.72. The lowest BCUT2D eigenvalue weighted by Crippen LogP contribution is -2.36. The Balaban J connectivity index is 1.99. The fourth-order valence-corrected chi connectivity index (χ4v) is 3.03. The molecule has 0 saturated carbocycles. The van der Waals surface area contributed by atoms with Gasteiger partial charge in [-0.3, -0.25) is 9.59 Å². The highest BCUT2D eigenvalue weighted by molar-refractivity contribution is 6.43. The van der Waals surface area contributed by atoms with Crippen LogP contribution in [0.15, 0.2) is 35.4 Å². The van der Waals surface area contributed by atoms with Crippen LogP contribution in [0.25, 0.3) is 5.69 Å². The summed E-state index contributed by atoms with van der Waals surface area (Å²) in [6.07, 6.45) is 0.592. The SMILES string of the molecule is CCN1N=C(C(=O)Nc2cc(C(C)(C)C)nn2-c2ccccc2OC)CCC1=O.